The fraction of sp³-hybridized carbons (Fsp3) is 0. The molecule has 0 saturated carbocycles. The summed E-state index contributed by atoms with van der Waals surface area (Å²) in [6, 6.07) is 5.58. The van der Waals surface area contributed by atoms with Crippen molar-refractivity contribution in [3.63, 3.8) is 0 Å². The Kier molecular flexibility index (Phi) is 3.19. The summed E-state index contributed by atoms with van der Waals surface area (Å²) in [5.74, 6) is -1.34. The summed E-state index contributed by atoms with van der Waals surface area (Å²) in [7, 11) is -2.73. The lowest BCUT2D eigenvalue weighted by Gasteiger charge is -1.99. The average molecular weight is 215 g/mol. The number of benzene rings is 1. The molecule has 1 N–H and O–H groups in total. The molecule has 14 heavy (non-hydrogen) atoms. The average Bonchev–Trinajstić information content (AvgIpc) is 2.15. The van der Waals surface area contributed by atoms with E-state index in [4.69, 9.17) is 5.11 Å². The summed E-state index contributed by atoms with van der Waals surface area (Å²) in [4.78, 5) is 15.0. The largest absolute Gasteiger partial charge is 0.478 e. The van der Waals surface area contributed by atoms with Gasteiger partial charge in [-0.05, 0) is 12.1 Å². The second-order valence-electron chi connectivity index (χ2n) is 2.18. The van der Waals surface area contributed by atoms with Crippen molar-refractivity contribution in [2.45, 2.75) is 0 Å². The van der Waals surface area contributed by atoms with Crippen molar-refractivity contribution in [2.24, 2.45) is 4.53 Å². The van der Waals surface area contributed by atoms with Crippen LogP contribution in [0.25, 0.3) is 0 Å². The Labute approximate surface area is 80.4 Å². The van der Waals surface area contributed by atoms with Gasteiger partial charge in [0.2, 0.25) is 0 Å². The topological polar surface area (TPSA) is 93.0 Å². The number of rotatable bonds is 3. The molecule has 0 aromatic heterocycles. The van der Waals surface area contributed by atoms with E-state index in [0.29, 0.717) is 0 Å². The first-order valence-electron chi connectivity index (χ1n) is 3.41. The van der Waals surface area contributed by atoms with Gasteiger partial charge in [-0.3, -0.25) is 0 Å². The van der Waals surface area contributed by atoms with Crippen molar-refractivity contribution >= 4 is 16.5 Å². The molecule has 1 aromatic carbocycles. The number of para-hydroxylation sites is 1. The van der Waals surface area contributed by atoms with Gasteiger partial charge in [0.15, 0.2) is 5.75 Å². The molecule has 7 heteroatoms. The van der Waals surface area contributed by atoms with Gasteiger partial charge in [-0.2, -0.15) is 8.42 Å². The lowest BCUT2D eigenvalue weighted by molar-refractivity contribution is 0.0692. The van der Waals surface area contributed by atoms with E-state index in [-0.39, 0.29) is 11.3 Å². The first kappa shape index (κ1) is 10.2. The predicted molar refractivity (Wildman–Crippen MR) is 45.4 cm³/mol. The zero-order chi connectivity index (χ0) is 10.6. The molecule has 0 radical (unpaired) electrons. The molecule has 74 valence electrons. The number of carboxylic acid groups (broad SMARTS) is 1. The molecule has 0 fully saturated rings. The van der Waals surface area contributed by atoms with Crippen LogP contribution in [0.4, 0.5) is 0 Å². The molecule has 1 rings (SSSR count). The minimum absolute atomic E-state index is 0.121. The van der Waals surface area contributed by atoms with Crippen molar-refractivity contribution in [1.82, 2.24) is 0 Å². The summed E-state index contributed by atoms with van der Waals surface area (Å²) in [6.07, 6.45) is 0. The Morgan fingerprint density at radius 3 is 2.57 bits per heavy atom. The minimum Gasteiger partial charge on any atom is -0.478 e. The van der Waals surface area contributed by atoms with E-state index in [9.17, 15) is 13.2 Å². The van der Waals surface area contributed by atoms with Crippen molar-refractivity contribution in [3.8, 4) is 5.75 Å². The molecule has 0 saturated heterocycles. The molecule has 0 aliphatic carbocycles. The molecule has 0 spiro atoms. The lowest BCUT2D eigenvalue weighted by atomic mass is 10.2. The number of hydrogen-bond acceptors (Lipinski definition) is 5. The smallest absolute Gasteiger partial charge is 0.349 e. The lowest BCUT2D eigenvalue weighted by Crippen LogP contribution is -1.99. The van der Waals surface area contributed by atoms with E-state index in [1.165, 1.54) is 24.3 Å². The Morgan fingerprint density at radius 2 is 2.00 bits per heavy atom. The van der Waals surface area contributed by atoms with Gasteiger partial charge in [0.05, 0.1) is 0 Å². The van der Waals surface area contributed by atoms with Gasteiger partial charge >= 0.3 is 16.5 Å². The van der Waals surface area contributed by atoms with Crippen LogP contribution in [0.3, 0.4) is 0 Å². The van der Waals surface area contributed by atoms with Gasteiger partial charge in [-0.25, -0.2) is 4.79 Å². The normalized spacial score (nSPS) is 9.14. The molecule has 1 aromatic rings. The standard InChI is InChI=1S/C7H5NO5S/c9-7(10)5-3-1-2-4-6(5)13-8-14(11)12/h1-4H,(H,9,10). The first-order valence-corrected chi connectivity index (χ1v) is 4.44. The SMILES string of the molecule is O=C(O)c1ccccc1ON=S(=O)=O. The Bertz CT molecular complexity index is 471. The van der Waals surface area contributed by atoms with E-state index < -0.39 is 16.5 Å². The molecule has 0 unspecified atom stereocenters. The van der Waals surface area contributed by atoms with Crippen molar-refractivity contribution in [1.29, 1.82) is 0 Å². The van der Waals surface area contributed by atoms with Crippen LogP contribution in [-0.4, -0.2) is 19.5 Å². The molecule has 0 bridgehead atoms. The van der Waals surface area contributed by atoms with Crippen LogP contribution < -0.4 is 4.84 Å². The van der Waals surface area contributed by atoms with Gasteiger partial charge in [-0.1, -0.05) is 12.1 Å². The first-order chi connectivity index (χ1) is 6.61. The molecule has 0 amide bonds. The van der Waals surface area contributed by atoms with Crippen LogP contribution in [0, 0.1) is 0 Å². The highest BCUT2D eigenvalue weighted by atomic mass is 32.2. The van der Waals surface area contributed by atoms with Crippen LogP contribution in [-0.2, 0) is 10.5 Å². The van der Waals surface area contributed by atoms with Crippen molar-refractivity contribution < 1.29 is 23.2 Å². The van der Waals surface area contributed by atoms with Gasteiger partial charge in [0, 0.05) is 4.53 Å². The van der Waals surface area contributed by atoms with Crippen LogP contribution in [0.5, 0.6) is 5.75 Å². The van der Waals surface area contributed by atoms with E-state index >= 15 is 0 Å². The second kappa shape index (κ2) is 4.38. The fourth-order valence-electron chi connectivity index (χ4n) is 0.794. The predicted octanol–water partition coefficient (Wildman–Crippen LogP) is 0.741. The molecular weight excluding hydrogens is 210 g/mol. The van der Waals surface area contributed by atoms with Crippen molar-refractivity contribution in [3.05, 3.63) is 29.8 Å². The van der Waals surface area contributed by atoms with Crippen LogP contribution in [0.2, 0.25) is 0 Å². The maximum atomic E-state index is 10.6. The summed E-state index contributed by atoms with van der Waals surface area (Å²) in [6.45, 7) is 0. The van der Waals surface area contributed by atoms with Crippen LogP contribution in [0.15, 0.2) is 28.8 Å². The van der Waals surface area contributed by atoms with Crippen LogP contribution in [0.1, 0.15) is 10.4 Å². The molecule has 0 atom stereocenters. The summed E-state index contributed by atoms with van der Waals surface area (Å²) < 4.78 is 22.7. The Morgan fingerprint density at radius 1 is 1.36 bits per heavy atom. The highest BCUT2D eigenvalue weighted by Gasteiger charge is 2.09. The summed E-state index contributed by atoms with van der Waals surface area (Å²) in [5.41, 5.74) is -0.151. The summed E-state index contributed by atoms with van der Waals surface area (Å²) in [5, 5.41) is 8.66. The molecule has 0 heterocycles. The van der Waals surface area contributed by atoms with Gasteiger partial charge < -0.3 is 9.94 Å². The fourth-order valence-corrected chi connectivity index (χ4v) is 0.935. The third kappa shape index (κ3) is 2.56. The molecular formula is C7H5NO5S. The number of nitrogens with zero attached hydrogens (tertiary/aromatic N) is 1. The van der Waals surface area contributed by atoms with E-state index in [1.807, 2.05) is 0 Å². The zero-order valence-corrected chi connectivity index (χ0v) is 7.56. The van der Waals surface area contributed by atoms with Gasteiger partial charge in [0.1, 0.15) is 5.56 Å². The maximum absolute atomic E-state index is 10.6. The molecule has 6 nitrogen and oxygen atoms in total. The van der Waals surface area contributed by atoms with E-state index in [1.54, 1.807) is 0 Å². The maximum Gasteiger partial charge on any atom is 0.349 e. The Balaban J connectivity index is 3.08. The van der Waals surface area contributed by atoms with Crippen molar-refractivity contribution in [2.75, 3.05) is 0 Å². The third-order valence-electron chi connectivity index (χ3n) is 1.31. The van der Waals surface area contributed by atoms with Gasteiger partial charge in [-0.15, -0.1) is 0 Å². The summed E-state index contributed by atoms with van der Waals surface area (Å²) >= 11 is 0. The van der Waals surface area contributed by atoms with E-state index in [2.05, 4.69) is 9.36 Å². The Hall–Kier alpha value is -1.89. The number of carbonyl (C=O) groups is 1. The monoisotopic (exact) mass is 215 g/mol. The molecule has 0 aliphatic rings. The second-order valence-corrected chi connectivity index (χ2v) is 2.77. The van der Waals surface area contributed by atoms with Crippen LogP contribution >= 0.6 is 0 Å². The number of carboxylic acids is 1. The van der Waals surface area contributed by atoms with Gasteiger partial charge in [0.25, 0.3) is 0 Å². The minimum atomic E-state index is -2.73. The number of hydrogen-bond donors (Lipinski definition) is 1. The third-order valence-corrected chi connectivity index (χ3v) is 1.51. The number of aromatic carboxylic acids is 1. The highest BCUT2D eigenvalue weighted by molar-refractivity contribution is 7.61. The highest BCUT2D eigenvalue weighted by Crippen LogP contribution is 2.17. The zero-order valence-electron chi connectivity index (χ0n) is 6.75. The van der Waals surface area contributed by atoms with E-state index in [0.717, 1.165) is 0 Å². The quantitative estimate of drug-likeness (QED) is 0.750. The molecule has 0 aliphatic heterocycles.